The van der Waals surface area contributed by atoms with Crippen LogP contribution in [-0.2, 0) is 9.53 Å². The molecule has 2 saturated heterocycles. The van der Waals surface area contributed by atoms with E-state index in [-0.39, 0.29) is 17.9 Å². The predicted octanol–water partition coefficient (Wildman–Crippen LogP) is 0.424. The first kappa shape index (κ1) is 14.8. The molecule has 0 radical (unpaired) electrons. The van der Waals surface area contributed by atoms with Crippen molar-refractivity contribution in [1.29, 1.82) is 0 Å². The Bertz CT molecular complexity index is 308. The van der Waals surface area contributed by atoms with Crippen molar-refractivity contribution in [1.82, 2.24) is 10.6 Å². The lowest BCUT2D eigenvalue weighted by molar-refractivity contribution is -0.134. The maximum Gasteiger partial charge on any atom is 0.228 e. The number of hydrogen-bond donors (Lipinski definition) is 3. The monoisotopic (exact) mass is 270 g/mol. The van der Waals surface area contributed by atoms with E-state index in [2.05, 4.69) is 17.6 Å². The van der Waals surface area contributed by atoms with Crippen LogP contribution in [0.1, 0.15) is 39.0 Å². The standard InChI is InChI=1S/C14H26N2O3/c1-2-3-13(4-7-15-10-13)12(18)16-14(11-17)5-8-19-9-6-14/h15,17H,2-11H2,1H3,(H,16,18). The Labute approximate surface area is 115 Å². The van der Waals surface area contributed by atoms with E-state index in [1.807, 2.05) is 0 Å². The Morgan fingerprint density at radius 1 is 1.37 bits per heavy atom. The predicted molar refractivity (Wildman–Crippen MR) is 72.8 cm³/mol. The van der Waals surface area contributed by atoms with Crippen molar-refractivity contribution < 1.29 is 14.6 Å². The van der Waals surface area contributed by atoms with Gasteiger partial charge in [0, 0.05) is 19.8 Å². The van der Waals surface area contributed by atoms with Crippen LogP contribution in [0.15, 0.2) is 0 Å². The van der Waals surface area contributed by atoms with E-state index in [0.717, 1.165) is 32.4 Å². The zero-order chi connectivity index (χ0) is 13.8. The van der Waals surface area contributed by atoms with Gasteiger partial charge in [-0.1, -0.05) is 13.3 Å². The summed E-state index contributed by atoms with van der Waals surface area (Å²) < 4.78 is 5.33. The van der Waals surface area contributed by atoms with Crippen molar-refractivity contribution in [3.63, 3.8) is 0 Å². The van der Waals surface area contributed by atoms with E-state index in [1.54, 1.807) is 0 Å². The molecule has 2 heterocycles. The molecule has 3 N–H and O–H groups in total. The Hall–Kier alpha value is -0.650. The van der Waals surface area contributed by atoms with Crippen LogP contribution in [0.3, 0.4) is 0 Å². The molecule has 1 unspecified atom stereocenters. The van der Waals surface area contributed by atoms with Gasteiger partial charge in [-0.3, -0.25) is 4.79 Å². The lowest BCUT2D eigenvalue weighted by atomic mass is 9.80. The Morgan fingerprint density at radius 3 is 2.63 bits per heavy atom. The van der Waals surface area contributed by atoms with E-state index in [9.17, 15) is 9.90 Å². The second-order valence-electron chi connectivity index (χ2n) is 5.96. The number of nitrogens with one attached hydrogen (secondary N) is 2. The molecule has 19 heavy (non-hydrogen) atoms. The summed E-state index contributed by atoms with van der Waals surface area (Å²) in [5.41, 5.74) is -0.756. The van der Waals surface area contributed by atoms with Crippen molar-refractivity contribution in [3.05, 3.63) is 0 Å². The highest BCUT2D eigenvalue weighted by atomic mass is 16.5. The van der Waals surface area contributed by atoms with Gasteiger partial charge >= 0.3 is 0 Å². The van der Waals surface area contributed by atoms with Gasteiger partial charge in [0.15, 0.2) is 0 Å². The molecule has 5 heteroatoms. The molecule has 0 bridgehead atoms. The molecular weight excluding hydrogens is 244 g/mol. The van der Waals surface area contributed by atoms with E-state index >= 15 is 0 Å². The summed E-state index contributed by atoms with van der Waals surface area (Å²) in [6.45, 7) is 4.99. The third-order valence-electron chi connectivity index (χ3n) is 4.59. The van der Waals surface area contributed by atoms with Crippen LogP contribution < -0.4 is 10.6 Å². The van der Waals surface area contributed by atoms with Crippen LogP contribution in [0.2, 0.25) is 0 Å². The van der Waals surface area contributed by atoms with Gasteiger partial charge in [-0.15, -0.1) is 0 Å². The van der Waals surface area contributed by atoms with Crippen molar-refractivity contribution in [2.45, 2.75) is 44.6 Å². The number of aliphatic hydroxyl groups excluding tert-OH is 1. The minimum Gasteiger partial charge on any atom is -0.394 e. The molecule has 0 aromatic heterocycles. The Balaban J connectivity index is 2.05. The first-order valence-corrected chi connectivity index (χ1v) is 7.38. The normalized spacial score (nSPS) is 30.2. The van der Waals surface area contributed by atoms with E-state index in [1.165, 1.54) is 0 Å². The minimum absolute atomic E-state index is 0.00225. The molecule has 2 rings (SSSR count). The number of aliphatic hydroxyl groups is 1. The Morgan fingerprint density at radius 2 is 2.11 bits per heavy atom. The number of amides is 1. The maximum atomic E-state index is 12.7. The number of carbonyl (C=O) groups is 1. The highest BCUT2D eigenvalue weighted by molar-refractivity contribution is 5.84. The highest BCUT2D eigenvalue weighted by Crippen LogP contribution is 2.33. The highest BCUT2D eigenvalue weighted by Gasteiger charge is 2.44. The summed E-state index contributed by atoms with van der Waals surface area (Å²) >= 11 is 0. The average molecular weight is 270 g/mol. The zero-order valence-electron chi connectivity index (χ0n) is 11.8. The van der Waals surface area contributed by atoms with E-state index in [4.69, 9.17) is 4.74 Å². The van der Waals surface area contributed by atoms with Gasteiger partial charge in [0.2, 0.25) is 5.91 Å². The lowest BCUT2D eigenvalue weighted by Gasteiger charge is -2.39. The van der Waals surface area contributed by atoms with Gasteiger partial charge in [0.1, 0.15) is 0 Å². The van der Waals surface area contributed by atoms with Gasteiger partial charge in [-0.2, -0.15) is 0 Å². The fraction of sp³-hybridized carbons (Fsp3) is 0.929. The topological polar surface area (TPSA) is 70.6 Å². The lowest BCUT2D eigenvalue weighted by Crippen LogP contribution is -2.58. The van der Waals surface area contributed by atoms with Gasteiger partial charge in [-0.05, 0) is 32.2 Å². The van der Waals surface area contributed by atoms with Crippen LogP contribution in [0.5, 0.6) is 0 Å². The quantitative estimate of drug-likeness (QED) is 0.677. The van der Waals surface area contributed by atoms with Crippen LogP contribution >= 0.6 is 0 Å². The van der Waals surface area contributed by atoms with E-state index in [0.29, 0.717) is 26.1 Å². The smallest absolute Gasteiger partial charge is 0.228 e. The molecular formula is C14H26N2O3. The van der Waals surface area contributed by atoms with Gasteiger partial charge < -0.3 is 20.5 Å². The molecule has 1 amide bonds. The summed E-state index contributed by atoms with van der Waals surface area (Å²) in [4.78, 5) is 12.7. The van der Waals surface area contributed by atoms with Crippen LogP contribution in [0.4, 0.5) is 0 Å². The number of ether oxygens (including phenoxy) is 1. The summed E-state index contributed by atoms with van der Waals surface area (Å²) in [5.74, 6) is 0.107. The number of rotatable bonds is 5. The first-order chi connectivity index (χ1) is 9.16. The van der Waals surface area contributed by atoms with Gasteiger partial charge in [0.25, 0.3) is 0 Å². The second-order valence-corrected chi connectivity index (χ2v) is 5.96. The fourth-order valence-electron chi connectivity index (χ4n) is 3.20. The molecule has 0 aliphatic carbocycles. The SMILES string of the molecule is CCCC1(C(=O)NC2(CO)CCOCC2)CCNC1. The second kappa shape index (κ2) is 6.20. The van der Waals surface area contributed by atoms with Crippen LogP contribution in [0.25, 0.3) is 0 Å². The molecule has 5 nitrogen and oxygen atoms in total. The number of carbonyl (C=O) groups excluding carboxylic acids is 1. The minimum atomic E-state index is -0.474. The third kappa shape index (κ3) is 3.09. The van der Waals surface area contributed by atoms with Crippen molar-refractivity contribution >= 4 is 5.91 Å². The fourth-order valence-corrected chi connectivity index (χ4v) is 3.20. The van der Waals surface area contributed by atoms with Crippen molar-refractivity contribution in [3.8, 4) is 0 Å². The third-order valence-corrected chi connectivity index (χ3v) is 4.59. The van der Waals surface area contributed by atoms with E-state index < -0.39 is 5.54 Å². The molecule has 2 aliphatic rings. The number of hydrogen-bond acceptors (Lipinski definition) is 4. The average Bonchev–Trinajstić information content (AvgIpc) is 2.90. The summed E-state index contributed by atoms with van der Waals surface area (Å²) in [7, 11) is 0. The molecule has 110 valence electrons. The maximum absolute atomic E-state index is 12.7. The van der Waals surface area contributed by atoms with Gasteiger partial charge in [0.05, 0.1) is 17.6 Å². The van der Waals surface area contributed by atoms with Crippen molar-refractivity contribution in [2.24, 2.45) is 5.41 Å². The molecule has 1 atom stereocenters. The summed E-state index contributed by atoms with van der Waals surface area (Å²) in [6.07, 6.45) is 4.20. The molecule has 0 aromatic carbocycles. The summed E-state index contributed by atoms with van der Waals surface area (Å²) in [6, 6.07) is 0. The van der Waals surface area contributed by atoms with Gasteiger partial charge in [-0.25, -0.2) is 0 Å². The molecule has 2 aliphatic heterocycles. The molecule has 0 saturated carbocycles. The molecule has 2 fully saturated rings. The summed E-state index contributed by atoms with van der Waals surface area (Å²) in [5, 5.41) is 16.1. The molecule has 0 aromatic rings. The largest absolute Gasteiger partial charge is 0.394 e. The Kier molecular flexibility index (Phi) is 4.81. The van der Waals surface area contributed by atoms with Crippen LogP contribution in [-0.4, -0.2) is 49.5 Å². The van der Waals surface area contributed by atoms with Crippen molar-refractivity contribution in [2.75, 3.05) is 32.9 Å². The first-order valence-electron chi connectivity index (χ1n) is 7.38. The zero-order valence-corrected chi connectivity index (χ0v) is 11.8. The van der Waals surface area contributed by atoms with Crippen LogP contribution in [0, 0.1) is 5.41 Å². The molecule has 0 spiro atoms.